The van der Waals surface area contributed by atoms with Crippen molar-refractivity contribution >= 4 is 17.7 Å². The van der Waals surface area contributed by atoms with Crippen molar-refractivity contribution in [2.45, 2.75) is 98.2 Å². The third kappa shape index (κ3) is 5.33. The summed E-state index contributed by atoms with van der Waals surface area (Å²) in [5.41, 5.74) is 1.03. The number of hydrogen-bond acceptors (Lipinski definition) is 4. The van der Waals surface area contributed by atoms with Crippen molar-refractivity contribution in [1.82, 2.24) is 9.80 Å². The van der Waals surface area contributed by atoms with Crippen molar-refractivity contribution in [3.05, 3.63) is 35.4 Å². The fourth-order valence-corrected chi connectivity index (χ4v) is 6.44. The van der Waals surface area contributed by atoms with Crippen molar-refractivity contribution in [2.75, 3.05) is 13.1 Å². The number of carbonyl (C=O) groups is 2. The zero-order chi connectivity index (χ0) is 26.3. The van der Waals surface area contributed by atoms with E-state index < -0.39 is 11.6 Å². The van der Waals surface area contributed by atoms with E-state index in [0.29, 0.717) is 23.6 Å². The molecule has 198 valence electrons. The number of nitrogens with zero attached hydrogens (tertiary/aromatic N) is 3. The first-order valence-corrected chi connectivity index (χ1v) is 13.9. The van der Waals surface area contributed by atoms with Gasteiger partial charge in [0.1, 0.15) is 5.66 Å². The van der Waals surface area contributed by atoms with Gasteiger partial charge >= 0.3 is 5.97 Å². The van der Waals surface area contributed by atoms with E-state index in [1.165, 1.54) is 0 Å². The molecule has 1 aliphatic carbocycles. The van der Waals surface area contributed by atoms with Crippen molar-refractivity contribution in [3.63, 3.8) is 0 Å². The summed E-state index contributed by atoms with van der Waals surface area (Å²) in [5.74, 6) is 1.50. The number of amides is 1. The maximum Gasteiger partial charge on any atom is 0.335 e. The quantitative estimate of drug-likeness (QED) is 0.497. The summed E-state index contributed by atoms with van der Waals surface area (Å²) < 4.78 is 0. The van der Waals surface area contributed by atoms with E-state index in [2.05, 4.69) is 51.3 Å². The topological polar surface area (TPSA) is 73.2 Å². The van der Waals surface area contributed by atoms with Crippen LogP contribution in [0.15, 0.2) is 29.3 Å². The highest BCUT2D eigenvalue weighted by Gasteiger charge is 2.53. The van der Waals surface area contributed by atoms with E-state index in [1.807, 2.05) is 12.1 Å². The molecule has 1 aromatic rings. The molecule has 2 atom stereocenters. The van der Waals surface area contributed by atoms with Gasteiger partial charge in [-0.25, -0.2) is 9.79 Å². The lowest BCUT2D eigenvalue weighted by molar-refractivity contribution is -0.134. The molecule has 1 saturated carbocycles. The van der Waals surface area contributed by atoms with Crippen LogP contribution in [-0.2, 0) is 4.79 Å². The van der Waals surface area contributed by atoms with Crippen LogP contribution < -0.4 is 0 Å². The molecule has 2 aliphatic heterocycles. The highest BCUT2D eigenvalue weighted by atomic mass is 16.4. The lowest BCUT2D eigenvalue weighted by Gasteiger charge is -2.47. The van der Waals surface area contributed by atoms with Crippen LogP contribution in [0.3, 0.4) is 0 Å². The minimum absolute atomic E-state index is 0.0642. The second-order valence-corrected chi connectivity index (χ2v) is 13.0. The number of likely N-dealkylation sites (tertiary alicyclic amines) is 1. The molecule has 6 heteroatoms. The average molecular weight is 496 g/mol. The van der Waals surface area contributed by atoms with Gasteiger partial charge in [-0.2, -0.15) is 0 Å². The SMILES string of the molecule is CC(C)CC[C@H](c1ccc(C(=O)O)cc1)N1C(=O)C(N2CCC(C)C2)=NC12CCC(C(C)(C)C)CC2. The fourth-order valence-electron chi connectivity index (χ4n) is 6.44. The molecule has 1 saturated heterocycles. The minimum atomic E-state index is -0.928. The summed E-state index contributed by atoms with van der Waals surface area (Å²) in [5, 5.41) is 9.42. The number of aliphatic imine (C=N–C) groups is 1. The van der Waals surface area contributed by atoms with E-state index in [4.69, 9.17) is 4.99 Å². The number of aromatic carboxylic acids is 1. The van der Waals surface area contributed by atoms with Crippen LogP contribution in [0.5, 0.6) is 0 Å². The standard InChI is InChI=1S/C30H45N3O3/c1-20(2)7-12-25(22-8-10-23(11-9-22)28(35)36)33-27(34)26(32-18-15-21(3)19-32)31-30(33)16-13-24(14-17-30)29(4,5)6/h8-11,20-21,24-25H,7,12-19H2,1-6H3,(H,35,36)/t21?,24?,25-,30?/m1/s1. The normalized spacial score (nSPS) is 27.8. The monoisotopic (exact) mass is 495 g/mol. The number of hydrogen-bond donors (Lipinski definition) is 1. The number of carboxylic acid groups (broad SMARTS) is 1. The molecule has 2 fully saturated rings. The molecule has 4 rings (SSSR count). The summed E-state index contributed by atoms with van der Waals surface area (Å²) in [4.78, 5) is 35.4. The molecule has 1 spiro atoms. The Labute approximate surface area is 217 Å². The van der Waals surface area contributed by atoms with Crippen molar-refractivity contribution in [2.24, 2.45) is 28.2 Å². The molecular formula is C30H45N3O3. The Balaban J connectivity index is 1.73. The van der Waals surface area contributed by atoms with Crippen molar-refractivity contribution < 1.29 is 14.7 Å². The van der Waals surface area contributed by atoms with E-state index >= 15 is 0 Å². The molecule has 1 aromatic carbocycles. The van der Waals surface area contributed by atoms with E-state index in [9.17, 15) is 14.7 Å². The second kappa shape index (κ2) is 10.2. The van der Waals surface area contributed by atoms with Crippen molar-refractivity contribution in [1.29, 1.82) is 0 Å². The van der Waals surface area contributed by atoms with Crippen LogP contribution >= 0.6 is 0 Å². The first-order valence-electron chi connectivity index (χ1n) is 13.9. The Kier molecular flexibility index (Phi) is 7.55. The maximum absolute atomic E-state index is 14.2. The molecule has 0 bridgehead atoms. The predicted octanol–water partition coefficient (Wildman–Crippen LogP) is 6.38. The molecule has 0 aromatic heterocycles. The van der Waals surface area contributed by atoms with Gasteiger partial charge in [0.25, 0.3) is 5.91 Å². The van der Waals surface area contributed by atoms with Gasteiger partial charge in [0, 0.05) is 13.1 Å². The number of benzene rings is 1. The third-order valence-corrected chi connectivity index (χ3v) is 8.78. The Bertz CT molecular complexity index is 984. The highest BCUT2D eigenvalue weighted by Crippen LogP contribution is 2.50. The summed E-state index contributed by atoms with van der Waals surface area (Å²) in [6.07, 6.45) is 6.84. The van der Waals surface area contributed by atoms with Gasteiger partial charge in [-0.05, 0) is 85.8 Å². The number of rotatable bonds is 6. The third-order valence-electron chi connectivity index (χ3n) is 8.78. The van der Waals surface area contributed by atoms with Crippen LogP contribution in [0.25, 0.3) is 0 Å². The summed E-state index contributed by atoms with van der Waals surface area (Å²) >= 11 is 0. The molecular weight excluding hydrogens is 450 g/mol. The van der Waals surface area contributed by atoms with E-state index in [0.717, 1.165) is 63.6 Å². The van der Waals surface area contributed by atoms with Gasteiger partial charge in [-0.1, -0.05) is 53.7 Å². The fraction of sp³-hybridized carbons (Fsp3) is 0.700. The zero-order valence-corrected chi connectivity index (χ0v) is 23.1. The largest absolute Gasteiger partial charge is 0.478 e. The van der Waals surface area contributed by atoms with Crippen LogP contribution in [0, 0.1) is 23.2 Å². The maximum atomic E-state index is 14.2. The first-order chi connectivity index (χ1) is 16.9. The Morgan fingerprint density at radius 3 is 2.25 bits per heavy atom. The lowest BCUT2D eigenvalue weighted by Crippen LogP contribution is -2.52. The van der Waals surface area contributed by atoms with Crippen molar-refractivity contribution in [3.8, 4) is 0 Å². The van der Waals surface area contributed by atoms with Gasteiger partial charge in [0.05, 0.1) is 11.6 Å². The first kappa shape index (κ1) is 26.7. The predicted molar refractivity (Wildman–Crippen MR) is 144 cm³/mol. The number of amidine groups is 1. The molecule has 1 amide bonds. The average Bonchev–Trinajstić information content (AvgIpc) is 3.35. The number of carbonyl (C=O) groups excluding carboxylic acids is 1. The molecule has 3 aliphatic rings. The summed E-state index contributed by atoms with van der Waals surface area (Å²) in [6.45, 7) is 15.4. The van der Waals surface area contributed by atoms with Gasteiger partial charge in [0.2, 0.25) is 0 Å². The van der Waals surface area contributed by atoms with Crippen LogP contribution in [0.2, 0.25) is 0 Å². The van der Waals surface area contributed by atoms with Gasteiger partial charge in [0.15, 0.2) is 5.84 Å². The van der Waals surface area contributed by atoms with E-state index in [-0.39, 0.29) is 22.9 Å². The van der Waals surface area contributed by atoms with E-state index in [1.54, 1.807) is 12.1 Å². The molecule has 6 nitrogen and oxygen atoms in total. The summed E-state index contributed by atoms with van der Waals surface area (Å²) in [6, 6.07) is 7.05. The highest BCUT2D eigenvalue weighted by molar-refractivity contribution is 6.39. The Hall–Kier alpha value is -2.37. The van der Waals surface area contributed by atoms with Crippen LogP contribution in [0.4, 0.5) is 0 Å². The smallest absolute Gasteiger partial charge is 0.335 e. The molecule has 1 N–H and O–H groups in total. The second-order valence-electron chi connectivity index (χ2n) is 13.0. The van der Waals surface area contributed by atoms with Crippen LogP contribution in [0.1, 0.15) is 108 Å². The minimum Gasteiger partial charge on any atom is -0.478 e. The Morgan fingerprint density at radius 2 is 1.75 bits per heavy atom. The molecule has 1 unspecified atom stereocenters. The van der Waals surface area contributed by atoms with Gasteiger partial charge in [-0.15, -0.1) is 0 Å². The Morgan fingerprint density at radius 1 is 1.11 bits per heavy atom. The molecule has 2 heterocycles. The van der Waals surface area contributed by atoms with Gasteiger partial charge in [-0.3, -0.25) is 4.79 Å². The molecule has 0 radical (unpaired) electrons. The summed E-state index contributed by atoms with van der Waals surface area (Å²) in [7, 11) is 0. The lowest BCUT2D eigenvalue weighted by atomic mass is 9.69. The van der Waals surface area contributed by atoms with Gasteiger partial charge < -0.3 is 14.9 Å². The molecule has 36 heavy (non-hydrogen) atoms. The van der Waals surface area contributed by atoms with Crippen LogP contribution in [-0.4, -0.2) is 51.4 Å². The number of carboxylic acids is 1. The zero-order valence-electron chi connectivity index (χ0n) is 23.1.